The summed E-state index contributed by atoms with van der Waals surface area (Å²) in [6, 6.07) is -1.63. The summed E-state index contributed by atoms with van der Waals surface area (Å²) in [4.78, 5) is 26.6. The van der Waals surface area contributed by atoms with Gasteiger partial charge in [0.2, 0.25) is 0 Å². The van der Waals surface area contributed by atoms with Crippen molar-refractivity contribution in [3.8, 4) is 0 Å². The van der Waals surface area contributed by atoms with E-state index in [1.807, 2.05) is 4.98 Å². The molecule has 2 rings (SSSR count). The lowest BCUT2D eigenvalue weighted by molar-refractivity contribution is -0.101. The summed E-state index contributed by atoms with van der Waals surface area (Å²) < 4.78 is 29.1. The van der Waals surface area contributed by atoms with Crippen LogP contribution in [0, 0.1) is 5.92 Å². The van der Waals surface area contributed by atoms with E-state index in [4.69, 9.17) is 5.11 Å². The predicted octanol–water partition coefficient (Wildman–Crippen LogP) is 0.452. The van der Waals surface area contributed by atoms with Gasteiger partial charge < -0.3 is 10.2 Å². The van der Waals surface area contributed by atoms with Gasteiger partial charge in [0.25, 0.3) is 11.5 Å². The SMILES string of the molecule is O=c1[nH]c(=O)n([C@H]2C[C@H](O)[C@@H](CO)C2(F)F)cc1C=CBr. The monoisotopic (exact) mass is 366 g/mol. The average Bonchev–Trinajstić information content (AvgIpc) is 2.62. The van der Waals surface area contributed by atoms with E-state index in [9.17, 15) is 23.5 Å². The van der Waals surface area contributed by atoms with Crippen molar-refractivity contribution >= 4 is 22.0 Å². The van der Waals surface area contributed by atoms with E-state index in [0.29, 0.717) is 4.57 Å². The highest BCUT2D eigenvalue weighted by Crippen LogP contribution is 2.47. The summed E-state index contributed by atoms with van der Waals surface area (Å²) in [5, 5.41) is 18.6. The number of rotatable bonds is 3. The molecule has 1 saturated carbocycles. The molecular formula is C12H13BrF2N2O4. The number of aliphatic hydroxyl groups is 2. The smallest absolute Gasteiger partial charge is 0.328 e. The maximum absolute atomic E-state index is 14.2. The number of halogens is 3. The van der Waals surface area contributed by atoms with Gasteiger partial charge in [0, 0.05) is 12.6 Å². The number of nitrogens with zero attached hydrogens (tertiary/aromatic N) is 1. The molecule has 0 radical (unpaired) electrons. The van der Waals surface area contributed by atoms with Crippen molar-refractivity contribution in [3.05, 3.63) is 37.6 Å². The molecule has 1 aliphatic rings. The summed E-state index contributed by atoms with van der Waals surface area (Å²) in [5.41, 5.74) is -1.67. The summed E-state index contributed by atoms with van der Waals surface area (Å²) >= 11 is 2.96. The van der Waals surface area contributed by atoms with Gasteiger partial charge >= 0.3 is 5.69 Å². The van der Waals surface area contributed by atoms with Crippen LogP contribution in [0.5, 0.6) is 0 Å². The van der Waals surface area contributed by atoms with Gasteiger partial charge in [-0.1, -0.05) is 15.9 Å². The largest absolute Gasteiger partial charge is 0.396 e. The van der Waals surface area contributed by atoms with Crippen LogP contribution < -0.4 is 11.2 Å². The van der Waals surface area contributed by atoms with Crippen LogP contribution in [-0.4, -0.2) is 38.4 Å². The van der Waals surface area contributed by atoms with Crippen molar-refractivity contribution in [3.63, 3.8) is 0 Å². The number of hydrogen-bond acceptors (Lipinski definition) is 4. The Morgan fingerprint density at radius 3 is 2.71 bits per heavy atom. The molecule has 1 aliphatic carbocycles. The Morgan fingerprint density at radius 2 is 2.19 bits per heavy atom. The molecule has 0 saturated heterocycles. The maximum atomic E-state index is 14.2. The van der Waals surface area contributed by atoms with Crippen molar-refractivity contribution in [1.29, 1.82) is 0 Å². The van der Waals surface area contributed by atoms with E-state index >= 15 is 0 Å². The molecule has 0 bridgehead atoms. The molecular weight excluding hydrogens is 354 g/mol. The van der Waals surface area contributed by atoms with Crippen LogP contribution in [0.15, 0.2) is 20.8 Å². The Hall–Kier alpha value is -1.32. The third-order valence-corrected chi connectivity index (χ3v) is 3.90. The van der Waals surface area contributed by atoms with Gasteiger partial charge in [-0.25, -0.2) is 13.6 Å². The van der Waals surface area contributed by atoms with Gasteiger partial charge in [-0.15, -0.1) is 0 Å². The molecule has 9 heteroatoms. The predicted molar refractivity (Wildman–Crippen MR) is 74.5 cm³/mol. The van der Waals surface area contributed by atoms with Gasteiger partial charge in [-0.05, 0) is 11.1 Å². The van der Waals surface area contributed by atoms with Crippen LogP contribution in [0.2, 0.25) is 0 Å². The third-order valence-electron chi connectivity index (χ3n) is 3.64. The van der Waals surface area contributed by atoms with Gasteiger partial charge in [0.15, 0.2) is 0 Å². The molecule has 0 aliphatic heterocycles. The first-order valence-electron chi connectivity index (χ1n) is 6.11. The van der Waals surface area contributed by atoms with Crippen molar-refractivity contribution in [2.45, 2.75) is 24.5 Å². The van der Waals surface area contributed by atoms with Gasteiger partial charge in [-0.2, -0.15) is 0 Å². The van der Waals surface area contributed by atoms with E-state index < -0.39 is 41.8 Å². The summed E-state index contributed by atoms with van der Waals surface area (Å²) in [6.45, 7) is -0.892. The average molecular weight is 367 g/mol. The second kappa shape index (κ2) is 5.82. The molecule has 1 aromatic heterocycles. The normalized spacial score (nSPS) is 28.3. The fourth-order valence-electron chi connectivity index (χ4n) is 2.52. The minimum absolute atomic E-state index is 0.0178. The van der Waals surface area contributed by atoms with E-state index in [-0.39, 0.29) is 12.0 Å². The zero-order valence-electron chi connectivity index (χ0n) is 10.7. The topological polar surface area (TPSA) is 95.3 Å². The molecule has 0 amide bonds. The molecule has 1 heterocycles. The number of H-pyrrole nitrogens is 1. The molecule has 1 fully saturated rings. The van der Waals surface area contributed by atoms with Crippen LogP contribution in [0.4, 0.5) is 8.78 Å². The summed E-state index contributed by atoms with van der Waals surface area (Å²) in [6.07, 6.45) is 0.511. The first-order valence-corrected chi connectivity index (χ1v) is 7.03. The first kappa shape index (κ1) is 16.1. The molecule has 0 unspecified atom stereocenters. The Morgan fingerprint density at radius 1 is 1.52 bits per heavy atom. The van der Waals surface area contributed by atoms with E-state index in [1.54, 1.807) is 0 Å². The Balaban J connectivity index is 2.55. The first-order chi connectivity index (χ1) is 9.82. The minimum atomic E-state index is -3.47. The lowest BCUT2D eigenvalue weighted by Gasteiger charge is -2.25. The highest BCUT2D eigenvalue weighted by atomic mass is 79.9. The van der Waals surface area contributed by atoms with Crippen molar-refractivity contribution in [2.24, 2.45) is 5.92 Å². The van der Waals surface area contributed by atoms with Gasteiger partial charge in [0.05, 0.1) is 24.2 Å². The van der Waals surface area contributed by atoms with Gasteiger partial charge in [0.1, 0.15) is 6.04 Å². The molecule has 0 aromatic carbocycles. The van der Waals surface area contributed by atoms with E-state index in [2.05, 4.69) is 15.9 Å². The highest BCUT2D eigenvalue weighted by molar-refractivity contribution is 9.11. The fourth-order valence-corrected chi connectivity index (χ4v) is 2.80. The van der Waals surface area contributed by atoms with Gasteiger partial charge in [-0.3, -0.25) is 14.3 Å². The fraction of sp³-hybridized carbons (Fsp3) is 0.500. The Kier molecular flexibility index (Phi) is 4.45. The Bertz CT molecular complexity index is 670. The molecule has 6 nitrogen and oxygen atoms in total. The van der Waals surface area contributed by atoms with Crippen molar-refractivity contribution < 1.29 is 19.0 Å². The Labute approximate surface area is 125 Å². The number of aliphatic hydroxyl groups excluding tert-OH is 2. The van der Waals surface area contributed by atoms with E-state index in [1.165, 1.54) is 11.1 Å². The second-order valence-corrected chi connectivity index (χ2v) is 5.35. The van der Waals surface area contributed by atoms with Crippen LogP contribution in [0.1, 0.15) is 18.0 Å². The van der Waals surface area contributed by atoms with E-state index in [0.717, 1.165) is 6.20 Å². The maximum Gasteiger partial charge on any atom is 0.328 e. The number of hydrogen-bond donors (Lipinski definition) is 3. The highest BCUT2D eigenvalue weighted by Gasteiger charge is 2.57. The zero-order chi connectivity index (χ0) is 15.8. The minimum Gasteiger partial charge on any atom is -0.396 e. The van der Waals surface area contributed by atoms with Crippen LogP contribution in [0.25, 0.3) is 6.08 Å². The lowest BCUT2D eigenvalue weighted by atomic mass is 10.0. The van der Waals surface area contributed by atoms with Crippen LogP contribution >= 0.6 is 15.9 Å². The molecule has 0 spiro atoms. The third kappa shape index (κ3) is 2.72. The second-order valence-electron chi connectivity index (χ2n) is 4.83. The quantitative estimate of drug-likeness (QED) is 0.723. The summed E-state index contributed by atoms with van der Waals surface area (Å²) in [5.74, 6) is -5.11. The molecule has 3 atom stereocenters. The van der Waals surface area contributed by atoms with Crippen molar-refractivity contribution in [2.75, 3.05) is 6.61 Å². The molecule has 21 heavy (non-hydrogen) atoms. The molecule has 116 valence electrons. The number of aromatic nitrogens is 2. The van der Waals surface area contributed by atoms with Crippen molar-refractivity contribution in [1.82, 2.24) is 9.55 Å². The summed E-state index contributed by atoms with van der Waals surface area (Å²) in [7, 11) is 0. The molecule has 1 aromatic rings. The molecule has 3 N–H and O–H groups in total. The lowest BCUT2D eigenvalue weighted by Crippen LogP contribution is -2.41. The van der Waals surface area contributed by atoms with Crippen LogP contribution in [-0.2, 0) is 0 Å². The zero-order valence-corrected chi connectivity index (χ0v) is 12.3. The standard InChI is InChI=1S/C12H13BrF2N2O4/c13-2-1-6-4-17(11(21)16-10(6)20)9-3-8(19)7(5-18)12(9,14)15/h1-2,4,7-9,18-19H,3,5H2,(H,16,20,21)/t7-,8+,9+/m1/s1. The number of nitrogens with one attached hydrogen (secondary N) is 1. The number of aromatic amines is 1. The van der Waals surface area contributed by atoms with Crippen LogP contribution in [0.3, 0.4) is 0 Å². The number of alkyl halides is 2.